The first kappa shape index (κ1) is 16.3. The molecule has 1 saturated heterocycles. The zero-order valence-electron chi connectivity index (χ0n) is 13.3. The van der Waals surface area contributed by atoms with Crippen LogP contribution in [0.3, 0.4) is 0 Å². The van der Waals surface area contributed by atoms with Crippen LogP contribution in [0.4, 0.5) is 0 Å². The Kier molecular flexibility index (Phi) is 6.03. The number of para-hydroxylation sites is 1. The SMILES string of the molecule is CCOc1ccccc1CC(C)(CN)CN1CCOCC1. The van der Waals surface area contributed by atoms with Crippen molar-refractivity contribution in [3.05, 3.63) is 29.8 Å². The number of morpholine rings is 1. The summed E-state index contributed by atoms with van der Waals surface area (Å²) < 4.78 is 11.2. The van der Waals surface area contributed by atoms with Gasteiger partial charge in [-0.15, -0.1) is 0 Å². The predicted molar refractivity (Wildman–Crippen MR) is 85.7 cm³/mol. The first-order valence-electron chi connectivity index (χ1n) is 7.88. The smallest absolute Gasteiger partial charge is 0.122 e. The average Bonchev–Trinajstić information content (AvgIpc) is 2.50. The highest BCUT2D eigenvalue weighted by atomic mass is 16.5. The lowest BCUT2D eigenvalue weighted by Crippen LogP contribution is -2.46. The number of hydrogen-bond acceptors (Lipinski definition) is 4. The van der Waals surface area contributed by atoms with Gasteiger partial charge in [-0.2, -0.15) is 0 Å². The summed E-state index contributed by atoms with van der Waals surface area (Å²) in [6.45, 7) is 10.3. The van der Waals surface area contributed by atoms with Gasteiger partial charge >= 0.3 is 0 Å². The van der Waals surface area contributed by atoms with Gasteiger partial charge in [0.2, 0.25) is 0 Å². The maximum atomic E-state index is 6.10. The average molecular weight is 292 g/mol. The van der Waals surface area contributed by atoms with E-state index in [4.69, 9.17) is 15.2 Å². The molecule has 2 rings (SSSR count). The van der Waals surface area contributed by atoms with Crippen molar-refractivity contribution in [1.29, 1.82) is 0 Å². The first-order valence-corrected chi connectivity index (χ1v) is 7.88. The standard InChI is InChI=1S/C17H28N2O2/c1-3-21-16-7-5-4-6-15(16)12-17(2,13-18)14-19-8-10-20-11-9-19/h4-7H,3,8-14,18H2,1-2H3. The van der Waals surface area contributed by atoms with Gasteiger partial charge in [0, 0.05) is 19.6 Å². The van der Waals surface area contributed by atoms with Gasteiger partial charge < -0.3 is 15.2 Å². The largest absolute Gasteiger partial charge is 0.494 e. The number of hydrogen-bond donors (Lipinski definition) is 1. The summed E-state index contributed by atoms with van der Waals surface area (Å²) >= 11 is 0. The van der Waals surface area contributed by atoms with Crippen LogP contribution < -0.4 is 10.5 Å². The zero-order valence-corrected chi connectivity index (χ0v) is 13.3. The molecule has 0 saturated carbocycles. The topological polar surface area (TPSA) is 47.7 Å². The summed E-state index contributed by atoms with van der Waals surface area (Å²) in [6.07, 6.45) is 0.941. The third kappa shape index (κ3) is 4.70. The van der Waals surface area contributed by atoms with Gasteiger partial charge in [0.25, 0.3) is 0 Å². The van der Waals surface area contributed by atoms with Crippen LogP contribution in [0.2, 0.25) is 0 Å². The maximum absolute atomic E-state index is 6.10. The molecule has 1 fully saturated rings. The molecule has 1 atom stereocenters. The molecule has 0 bridgehead atoms. The molecular formula is C17H28N2O2. The Hall–Kier alpha value is -1.10. The van der Waals surface area contributed by atoms with E-state index >= 15 is 0 Å². The minimum Gasteiger partial charge on any atom is -0.494 e. The molecule has 118 valence electrons. The highest BCUT2D eigenvalue weighted by Gasteiger charge is 2.28. The summed E-state index contributed by atoms with van der Waals surface area (Å²) in [6, 6.07) is 8.29. The maximum Gasteiger partial charge on any atom is 0.122 e. The third-order valence-corrected chi connectivity index (χ3v) is 4.09. The van der Waals surface area contributed by atoms with E-state index in [0.717, 1.165) is 45.0 Å². The first-order chi connectivity index (χ1) is 10.2. The Balaban J connectivity index is 2.06. The number of nitrogens with two attached hydrogens (primary N) is 1. The predicted octanol–water partition coefficient (Wildman–Crippen LogP) is 1.93. The minimum absolute atomic E-state index is 0.0601. The third-order valence-electron chi connectivity index (χ3n) is 4.09. The van der Waals surface area contributed by atoms with Crippen LogP contribution in [-0.4, -0.2) is 50.9 Å². The van der Waals surface area contributed by atoms with Crippen LogP contribution in [0.25, 0.3) is 0 Å². The lowest BCUT2D eigenvalue weighted by atomic mass is 9.82. The monoisotopic (exact) mass is 292 g/mol. The van der Waals surface area contributed by atoms with Crippen molar-refractivity contribution >= 4 is 0 Å². The Morgan fingerprint density at radius 3 is 2.67 bits per heavy atom. The molecule has 1 aromatic rings. The fraction of sp³-hybridized carbons (Fsp3) is 0.647. The van der Waals surface area contributed by atoms with Crippen LogP contribution in [0.15, 0.2) is 24.3 Å². The van der Waals surface area contributed by atoms with Gasteiger partial charge in [0.05, 0.1) is 19.8 Å². The van der Waals surface area contributed by atoms with Crippen LogP contribution in [0.1, 0.15) is 19.4 Å². The molecule has 1 unspecified atom stereocenters. The van der Waals surface area contributed by atoms with Crippen molar-refractivity contribution in [2.75, 3.05) is 46.0 Å². The van der Waals surface area contributed by atoms with Crippen molar-refractivity contribution < 1.29 is 9.47 Å². The molecule has 1 aromatic carbocycles. The zero-order chi connectivity index (χ0) is 15.1. The highest BCUT2D eigenvalue weighted by Crippen LogP contribution is 2.28. The fourth-order valence-corrected chi connectivity index (χ4v) is 2.90. The minimum atomic E-state index is 0.0601. The van der Waals surface area contributed by atoms with Crippen LogP contribution >= 0.6 is 0 Å². The van der Waals surface area contributed by atoms with E-state index in [1.165, 1.54) is 5.56 Å². The number of nitrogens with zero attached hydrogens (tertiary/aromatic N) is 1. The normalized spacial score (nSPS) is 19.2. The van der Waals surface area contributed by atoms with Gasteiger partial charge in [0.15, 0.2) is 0 Å². The molecule has 1 aliphatic heterocycles. The van der Waals surface area contributed by atoms with Crippen molar-refractivity contribution in [3.63, 3.8) is 0 Å². The van der Waals surface area contributed by atoms with E-state index in [9.17, 15) is 0 Å². The van der Waals surface area contributed by atoms with E-state index in [0.29, 0.717) is 13.2 Å². The summed E-state index contributed by atoms with van der Waals surface area (Å²) in [4.78, 5) is 2.46. The Morgan fingerprint density at radius 1 is 1.29 bits per heavy atom. The van der Waals surface area contributed by atoms with E-state index < -0.39 is 0 Å². The molecule has 21 heavy (non-hydrogen) atoms. The van der Waals surface area contributed by atoms with Crippen molar-refractivity contribution in [2.45, 2.75) is 20.3 Å². The highest BCUT2D eigenvalue weighted by molar-refractivity contribution is 5.34. The molecule has 2 N–H and O–H groups in total. The van der Waals surface area contributed by atoms with Gasteiger partial charge in [-0.05, 0) is 36.9 Å². The summed E-state index contributed by atoms with van der Waals surface area (Å²) in [7, 11) is 0. The van der Waals surface area contributed by atoms with Crippen molar-refractivity contribution in [1.82, 2.24) is 4.90 Å². The Bertz CT molecular complexity index is 433. The molecule has 0 spiro atoms. The van der Waals surface area contributed by atoms with E-state index in [1.54, 1.807) is 0 Å². The molecular weight excluding hydrogens is 264 g/mol. The van der Waals surface area contributed by atoms with Crippen LogP contribution in [0.5, 0.6) is 5.75 Å². The summed E-state index contributed by atoms with van der Waals surface area (Å²) in [5, 5.41) is 0. The molecule has 1 heterocycles. The molecule has 0 aliphatic carbocycles. The lowest BCUT2D eigenvalue weighted by Gasteiger charge is -2.37. The Labute approximate surface area is 128 Å². The molecule has 0 radical (unpaired) electrons. The second kappa shape index (κ2) is 7.78. The van der Waals surface area contributed by atoms with Gasteiger partial charge in [-0.3, -0.25) is 4.90 Å². The molecule has 1 aliphatic rings. The quantitative estimate of drug-likeness (QED) is 0.834. The number of rotatable bonds is 7. The second-order valence-corrected chi connectivity index (χ2v) is 6.12. The van der Waals surface area contributed by atoms with Crippen molar-refractivity contribution in [2.24, 2.45) is 11.1 Å². The molecule has 0 amide bonds. The fourth-order valence-electron chi connectivity index (χ4n) is 2.90. The molecule has 4 nitrogen and oxygen atoms in total. The van der Waals surface area contributed by atoms with Crippen LogP contribution in [0, 0.1) is 5.41 Å². The van der Waals surface area contributed by atoms with E-state index in [2.05, 4.69) is 24.0 Å². The summed E-state index contributed by atoms with van der Waals surface area (Å²) in [5.41, 5.74) is 7.41. The summed E-state index contributed by atoms with van der Waals surface area (Å²) in [5.74, 6) is 0.988. The van der Waals surface area contributed by atoms with Crippen LogP contribution in [-0.2, 0) is 11.2 Å². The number of ether oxygens (including phenoxy) is 2. The lowest BCUT2D eigenvalue weighted by molar-refractivity contribution is 0.0197. The molecule has 0 aromatic heterocycles. The van der Waals surface area contributed by atoms with E-state index in [-0.39, 0.29) is 5.41 Å². The van der Waals surface area contributed by atoms with Gasteiger partial charge in [-0.1, -0.05) is 25.1 Å². The molecule has 4 heteroatoms. The number of benzene rings is 1. The van der Waals surface area contributed by atoms with Gasteiger partial charge in [0.1, 0.15) is 5.75 Å². The van der Waals surface area contributed by atoms with E-state index in [1.807, 2.05) is 19.1 Å². The second-order valence-electron chi connectivity index (χ2n) is 6.12. The Morgan fingerprint density at radius 2 is 2.00 bits per heavy atom. The van der Waals surface area contributed by atoms with Gasteiger partial charge in [-0.25, -0.2) is 0 Å². The van der Waals surface area contributed by atoms with Crippen molar-refractivity contribution in [3.8, 4) is 5.75 Å².